The number of aromatic nitrogens is 5. The lowest BCUT2D eigenvalue weighted by Crippen LogP contribution is -2.41. The molecule has 3 aromatic heterocycles. The van der Waals surface area contributed by atoms with Crippen molar-refractivity contribution in [1.29, 1.82) is 0 Å². The number of nitrogens with zero attached hydrogens (tertiary/aromatic N) is 6. The number of imidazole rings is 1. The Bertz CT molecular complexity index is 1550. The van der Waals surface area contributed by atoms with Crippen LogP contribution in [0.25, 0.3) is 33.5 Å². The molecule has 10 nitrogen and oxygen atoms in total. The number of carbonyl (C=O) groups is 1. The van der Waals surface area contributed by atoms with E-state index in [1.165, 1.54) is 6.07 Å². The number of aromatic amines is 1. The Labute approximate surface area is 225 Å². The van der Waals surface area contributed by atoms with Gasteiger partial charge in [0.25, 0.3) is 0 Å². The van der Waals surface area contributed by atoms with E-state index in [0.717, 1.165) is 66.2 Å². The van der Waals surface area contributed by atoms with E-state index in [1.807, 2.05) is 12.3 Å². The molecule has 0 saturated carbocycles. The number of rotatable bonds is 5. The number of morpholine rings is 1. The Hall–Kier alpha value is -3.57. The molecule has 6 heterocycles. The van der Waals surface area contributed by atoms with Crippen LogP contribution in [0.1, 0.15) is 32.0 Å². The average molecular weight is 533 g/mol. The minimum Gasteiger partial charge on any atom is -0.378 e. The van der Waals surface area contributed by atoms with Crippen molar-refractivity contribution >= 4 is 33.8 Å². The second-order valence-electron chi connectivity index (χ2n) is 11.0. The van der Waals surface area contributed by atoms with Crippen molar-refractivity contribution in [2.24, 2.45) is 5.41 Å². The molecule has 0 atom stereocenters. The summed E-state index contributed by atoms with van der Waals surface area (Å²) >= 11 is 0. The van der Waals surface area contributed by atoms with Crippen molar-refractivity contribution in [3.05, 3.63) is 36.0 Å². The molecule has 4 aromatic rings. The van der Waals surface area contributed by atoms with E-state index < -0.39 is 0 Å². The summed E-state index contributed by atoms with van der Waals surface area (Å²) < 4.78 is 23.1. The molecule has 2 N–H and O–H groups in total. The number of ether oxygens (including phenoxy) is 1. The lowest BCUT2D eigenvalue weighted by Gasteiger charge is -2.38. The summed E-state index contributed by atoms with van der Waals surface area (Å²) in [5.41, 5.74) is 2.82. The fourth-order valence-electron chi connectivity index (χ4n) is 6.42. The molecule has 3 aliphatic heterocycles. The maximum atomic E-state index is 15.3. The quantitative estimate of drug-likeness (QED) is 0.407. The summed E-state index contributed by atoms with van der Waals surface area (Å²) in [5, 5.41) is 3.78. The first-order valence-electron chi connectivity index (χ1n) is 13.9. The number of hydrogen-bond donors (Lipinski definition) is 2. The lowest BCUT2D eigenvalue weighted by atomic mass is 9.78. The number of anilines is 1. The number of benzene rings is 1. The molecule has 0 radical (unpaired) electrons. The van der Waals surface area contributed by atoms with E-state index in [2.05, 4.69) is 31.6 Å². The highest BCUT2D eigenvalue weighted by molar-refractivity contribution is 5.95. The SMILES string of the molecule is CCn1c(CN2CCC3(CC2)CNC(=O)C3)nc2c(N3CCOCC3)nc(-c3c(F)ccc4[nH]ccc34)nc21. The van der Waals surface area contributed by atoms with E-state index in [-0.39, 0.29) is 17.1 Å². The molecular formula is C28H33FN8O2. The molecule has 7 rings (SSSR count). The van der Waals surface area contributed by atoms with Crippen LogP contribution < -0.4 is 10.2 Å². The minimum atomic E-state index is -0.348. The van der Waals surface area contributed by atoms with Gasteiger partial charge in [0.1, 0.15) is 11.6 Å². The second-order valence-corrected chi connectivity index (χ2v) is 11.0. The van der Waals surface area contributed by atoms with E-state index in [4.69, 9.17) is 19.7 Å². The van der Waals surface area contributed by atoms with Gasteiger partial charge in [-0.25, -0.2) is 19.3 Å². The number of halogens is 1. The van der Waals surface area contributed by atoms with E-state index in [0.29, 0.717) is 57.2 Å². The van der Waals surface area contributed by atoms with Gasteiger partial charge in [-0.15, -0.1) is 0 Å². The van der Waals surface area contributed by atoms with Crippen LogP contribution in [0.5, 0.6) is 0 Å². The Morgan fingerprint density at radius 2 is 1.90 bits per heavy atom. The molecule has 39 heavy (non-hydrogen) atoms. The van der Waals surface area contributed by atoms with Gasteiger partial charge in [0.05, 0.1) is 25.3 Å². The standard InChI is InChI=1S/C28H33FN8O2/c1-2-37-21(16-35-9-6-28(7-10-35)15-22(38)31-17-28)32-24-26(36-11-13-39-14-12-36)33-25(34-27(24)37)23-18-5-8-30-20(18)4-3-19(23)29/h3-5,8,30H,2,6-7,9-17H2,1H3,(H,31,38). The molecule has 3 aliphatic rings. The zero-order valence-electron chi connectivity index (χ0n) is 22.2. The number of nitrogens with one attached hydrogen (secondary N) is 2. The molecule has 1 spiro atoms. The summed E-state index contributed by atoms with van der Waals surface area (Å²) in [6.07, 6.45) is 4.45. The highest BCUT2D eigenvalue weighted by Gasteiger charge is 2.41. The first-order chi connectivity index (χ1) is 19.0. The fraction of sp³-hybridized carbons (Fsp3) is 0.500. The minimum absolute atomic E-state index is 0.103. The van der Waals surface area contributed by atoms with Crippen LogP contribution in [0.15, 0.2) is 24.4 Å². The van der Waals surface area contributed by atoms with E-state index >= 15 is 4.39 Å². The molecule has 11 heteroatoms. The number of likely N-dealkylation sites (tertiary alicyclic amines) is 1. The molecule has 0 aliphatic carbocycles. The Morgan fingerprint density at radius 1 is 1.08 bits per heavy atom. The van der Waals surface area contributed by atoms with Gasteiger partial charge < -0.3 is 24.5 Å². The highest BCUT2D eigenvalue weighted by atomic mass is 19.1. The summed E-state index contributed by atoms with van der Waals surface area (Å²) in [7, 11) is 0. The Morgan fingerprint density at radius 3 is 2.64 bits per heavy atom. The van der Waals surface area contributed by atoms with Crippen LogP contribution in [0.4, 0.5) is 10.2 Å². The summed E-state index contributed by atoms with van der Waals surface area (Å²) in [6.45, 7) is 8.72. The normalized spacial score (nSPS) is 19.9. The second kappa shape index (κ2) is 9.56. The number of fused-ring (bicyclic) bond motifs is 2. The average Bonchev–Trinajstić information content (AvgIpc) is 3.67. The van der Waals surface area contributed by atoms with Crippen molar-refractivity contribution in [2.75, 3.05) is 50.8 Å². The topological polar surface area (TPSA) is 104 Å². The smallest absolute Gasteiger partial charge is 0.220 e. The highest BCUT2D eigenvalue weighted by Crippen LogP contribution is 2.38. The van der Waals surface area contributed by atoms with Crippen molar-refractivity contribution in [3.8, 4) is 11.4 Å². The van der Waals surface area contributed by atoms with Gasteiger partial charge in [-0.1, -0.05) is 0 Å². The molecule has 1 amide bonds. The van der Waals surface area contributed by atoms with Crippen LogP contribution in [0.2, 0.25) is 0 Å². The number of carbonyl (C=O) groups excluding carboxylic acids is 1. The number of amides is 1. The van der Waals surface area contributed by atoms with Crippen LogP contribution in [-0.2, 0) is 22.6 Å². The predicted molar refractivity (Wildman–Crippen MR) is 146 cm³/mol. The third-order valence-electron chi connectivity index (χ3n) is 8.67. The third kappa shape index (κ3) is 4.24. The van der Waals surface area contributed by atoms with Crippen LogP contribution in [0.3, 0.4) is 0 Å². The Balaban J connectivity index is 1.30. The third-order valence-corrected chi connectivity index (χ3v) is 8.67. The number of piperidine rings is 1. The molecule has 1 aromatic carbocycles. The molecule has 0 unspecified atom stereocenters. The zero-order valence-corrected chi connectivity index (χ0v) is 22.2. The van der Waals surface area contributed by atoms with Crippen molar-refractivity contribution < 1.29 is 13.9 Å². The number of hydrogen-bond acceptors (Lipinski definition) is 7. The predicted octanol–water partition coefficient (Wildman–Crippen LogP) is 3.07. The van der Waals surface area contributed by atoms with E-state index in [9.17, 15) is 4.79 Å². The molecule has 204 valence electrons. The van der Waals surface area contributed by atoms with Crippen molar-refractivity contribution in [2.45, 2.75) is 39.3 Å². The molecule has 0 bridgehead atoms. The molecule has 3 saturated heterocycles. The van der Waals surface area contributed by atoms with Crippen LogP contribution in [-0.4, -0.2) is 81.2 Å². The van der Waals surface area contributed by atoms with Gasteiger partial charge in [-0.2, -0.15) is 0 Å². The number of H-pyrrole nitrogens is 1. The fourth-order valence-corrected chi connectivity index (χ4v) is 6.42. The monoisotopic (exact) mass is 532 g/mol. The van der Waals surface area contributed by atoms with Crippen LogP contribution in [0, 0.1) is 11.2 Å². The first kappa shape index (κ1) is 24.5. The van der Waals surface area contributed by atoms with Gasteiger partial charge in [0.2, 0.25) is 5.91 Å². The lowest BCUT2D eigenvalue weighted by molar-refractivity contribution is -0.119. The molecular weight excluding hydrogens is 499 g/mol. The van der Waals surface area contributed by atoms with Crippen LogP contribution >= 0.6 is 0 Å². The number of aryl methyl sites for hydroxylation is 1. The zero-order chi connectivity index (χ0) is 26.6. The van der Waals surface area contributed by atoms with Crippen molar-refractivity contribution in [1.82, 2.24) is 34.7 Å². The summed E-state index contributed by atoms with van der Waals surface area (Å²) in [4.78, 5) is 34.6. The molecule has 3 fully saturated rings. The maximum absolute atomic E-state index is 15.3. The van der Waals surface area contributed by atoms with Gasteiger partial charge in [0.15, 0.2) is 22.8 Å². The van der Waals surface area contributed by atoms with Gasteiger partial charge in [-0.3, -0.25) is 9.69 Å². The van der Waals surface area contributed by atoms with E-state index in [1.54, 1.807) is 6.07 Å². The summed E-state index contributed by atoms with van der Waals surface area (Å²) in [6, 6.07) is 5.08. The first-order valence-corrected chi connectivity index (χ1v) is 13.9. The van der Waals surface area contributed by atoms with Gasteiger partial charge >= 0.3 is 0 Å². The maximum Gasteiger partial charge on any atom is 0.220 e. The van der Waals surface area contributed by atoms with Gasteiger partial charge in [0, 0.05) is 49.7 Å². The van der Waals surface area contributed by atoms with Gasteiger partial charge in [-0.05, 0) is 56.5 Å². The Kier molecular flexibility index (Phi) is 6.00. The largest absolute Gasteiger partial charge is 0.378 e. The summed E-state index contributed by atoms with van der Waals surface area (Å²) in [5.74, 6) is 1.86. The van der Waals surface area contributed by atoms with Crippen molar-refractivity contribution in [3.63, 3.8) is 0 Å².